The molecule has 1 heterocycles. The van der Waals surface area contributed by atoms with Gasteiger partial charge in [-0.25, -0.2) is 9.59 Å². The SMILES string of the molecule is CC(CCCC(=O)N1CCC[C@@]1(C)C(=O)O)NC(=O)OCC1c2ccccc2-c2ccccc21. The number of nitrogens with zero attached hydrogens (tertiary/aromatic N) is 1. The smallest absolute Gasteiger partial charge is 0.407 e. The molecule has 1 saturated heterocycles. The number of carboxylic acid groups (broad SMARTS) is 1. The maximum Gasteiger partial charge on any atom is 0.407 e. The lowest BCUT2D eigenvalue weighted by Gasteiger charge is -2.31. The van der Waals surface area contributed by atoms with Crippen LogP contribution in [0.25, 0.3) is 11.1 Å². The van der Waals surface area contributed by atoms with E-state index in [2.05, 4.69) is 29.6 Å². The van der Waals surface area contributed by atoms with Gasteiger partial charge in [0.15, 0.2) is 0 Å². The third-order valence-corrected chi connectivity index (χ3v) is 7.14. The van der Waals surface area contributed by atoms with Gasteiger partial charge in [0.2, 0.25) is 5.91 Å². The zero-order valence-corrected chi connectivity index (χ0v) is 19.8. The van der Waals surface area contributed by atoms with E-state index in [0.717, 1.165) is 0 Å². The average molecular weight is 465 g/mol. The number of nitrogens with one attached hydrogen (secondary N) is 1. The molecule has 2 atom stereocenters. The Labute approximate surface area is 200 Å². The van der Waals surface area contributed by atoms with Crippen LogP contribution in [-0.2, 0) is 14.3 Å². The molecule has 2 N–H and O–H groups in total. The van der Waals surface area contributed by atoms with Crippen LogP contribution in [0.2, 0.25) is 0 Å². The first kappa shape index (κ1) is 23.8. The molecule has 2 amide bonds. The van der Waals surface area contributed by atoms with Gasteiger partial charge in [-0.05, 0) is 61.8 Å². The topological polar surface area (TPSA) is 95.9 Å². The van der Waals surface area contributed by atoms with Gasteiger partial charge < -0.3 is 20.1 Å². The number of hydrogen-bond donors (Lipinski definition) is 2. The van der Waals surface area contributed by atoms with Crippen LogP contribution in [0.1, 0.15) is 63.0 Å². The number of aliphatic carboxylic acids is 1. The highest BCUT2D eigenvalue weighted by Gasteiger charge is 2.45. The van der Waals surface area contributed by atoms with Crippen LogP contribution in [0.5, 0.6) is 0 Å². The van der Waals surface area contributed by atoms with E-state index in [0.29, 0.717) is 32.2 Å². The Hall–Kier alpha value is -3.35. The van der Waals surface area contributed by atoms with Crippen molar-refractivity contribution in [3.05, 3.63) is 59.7 Å². The molecule has 34 heavy (non-hydrogen) atoms. The monoisotopic (exact) mass is 464 g/mol. The summed E-state index contributed by atoms with van der Waals surface area (Å²) in [4.78, 5) is 38.1. The van der Waals surface area contributed by atoms with E-state index in [1.807, 2.05) is 31.2 Å². The fourth-order valence-corrected chi connectivity index (χ4v) is 5.19. The first-order valence-electron chi connectivity index (χ1n) is 12.0. The molecule has 4 rings (SSSR count). The summed E-state index contributed by atoms with van der Waals surface area (Å²) >= 11 is 0. The molecule has 1 unspecified atom stereocenters. The van der Waals surface area contributed by atoms with Crippen molar-refractivity contribution in [2.24, 2.45) is 0 Å². The van der Waals surface area contributed by atoms with Gasteiger partial charge in [-0.15, -0.1) is 0 Å². The van der Waals surface area contributed by atoms with Crippen LogP contribution >= 0.6 is 0 Å². The van der Waals surface area contributed by atoms with Gasteiger partial charge in [0.25, 0.3) is 0 Å². The van der Waals surface area contributed by atoms with Crippen molar-refractivity contribution in [2.45, 2.75) is 63.5 Å². The fraction of sp³-hybridized carbons (Fsp3) is 0.444. The van der Waals surface area contributed by atoms with Gasteiger partial charge in [0.05, 0.1) is 0 Å². The summed E-state index contributed by atoms with van der Waals surface area (Å²) < 4.78 is 5.58. The molecular formula is C27H32N2O5. The summed E-state index contributed by atoms with van der Waals surface area (Å²) in [6.07, 6.45) is 2.14. The van der Waals surface area contributed by atoms with E-state index in [-0.39, 0.29) is 30.9 Å². The summed E-state index contributed by atoms with van der Waals surface area (Å²) in [5.74, 6) is -1.09. The van der Waals surface area contributed by atoms with Gasteiger partial charge in [0, 0.05) is 24.9 Å². The summed E-state index contributed by atoms with van der Waals surface area (Å²) in [7, 11) is 0. The molecule has 1 aliphatic carbocycles. The fourth-order valence-electron chi connectivity index (χ4n) is 5.19. The Balaban J connectivity index is 1.24. The van der Waals surface area contributed by atoms with Crippen LogP contribution in [0.3, 0.4) is 0 Å². The number of rotatable bonds is 8. The number of amides is 2. The van der Waals surface area contributed by atoms with Crippen LogP contribution < -0.4 is 5.32 Å². The number of carboxylic acids is 1. The lowest BCUT2D eigenvalue weighted by molar-refractivity contribution is -0.155. The maximum atomic E-state index is 12.6. The normalized spacial score (nSPS) is 19.9. The number of benzene rings is 2. The second-order valence-corrected chi connectivity index (χ2v) is 9.49. The molecule has 180 valence electrons. The Bertz CT molecular complexity index is 1040. The van der Waals surface area contributed by atoms with Gasteiger partial charge >= 0.3 is 12.1 Å². The number of ether oxygens (including phenoxy) is 1. The quantitative estimate of drug-likeness (QED) is 0.598. The molecule has 7 nitrogen and oxygen atoms in total. The molecule has 1 aliphatic heterocycles. The number of carbonyl (C=O) groups is 3. The molecule has 2 aromatic carbocycles. The molecule has 7 heteroatoms. The minimum absolute atomic E-state index is 0.00934. The van der Waals surface area contributed by atoms with Crippen LogP contribution in [-0.4, -0.2) is 52.7 Å². The summed E-state index contributed by atoms with van der Waals surface area (Å²) in [5.41, 5.74) is 3.59. The lowest BCUT2D eigenvalue weighted by atomic mass is 9.98. The second kappa shape index (κ2) is 9.87. The zero-order valence-electron chi connectivity index (χ0n) is 19.8. The molecule has 2 aliphatic rings. The number of fused-ring (bicyclic) bond motifs is 3. The molecule has 0 bridgehead atoms. The largest absolute Gasteiger partial charge is 0.480 e. The molecule has 2 aromatic rings. The predicted molar refractivity (Wildman–Crippen MR) is 129 cm³/mol. The summed E-state index contributed by atoms with van der Waals surface area (Å²) in [6.45, 7) is 4.23. The Morgan fingerprint density at radius 2 is 1.74 bits per heavy atom. The first-order valence-corrected chi connectivity index (χ1v) is 12.0. The van der Waals surface area contributed by atoms with E-state index >= 15 is 0 Å². The molecule has 1 fully saturated rings. The van der Waals surface area contributed by atoms with Crippen molar-refractivity contribution >= 4 is 18.0 Å². The van der Waals surface area contributed by atoms with Crippen LogP contribution in [0.4, 0.5) is 4.79 Å². The molecule has 0 saturated carbocycles. The molecular weight excluding hydrogens is 432 g/mol. The molecule has 0 aromatic heterocycles. The highest BCUT2D eigenvalue weighted by molar-refractivity contribution is 5.87. The lowest BCUT2D eigenvalue weighted by Crippen LogP contribution is -2.50. The van der Waals surface area contributed by atoms with Crippen molar-refractivity contribution in [3.8, 4) is 11.1 Å². The third kappa shape index (κ3) is 4.65. The standard InChI is InChI=1S/C27H32N2O5/c1-18(9-7-14-24(30)29-16-8-15-27(29,2)25(31)32)28-26(33)34-17-23-21-12-5-3-10-19(21)20-11-4-6-13-22(20)23/h3-6,10-13,18,23H,7-9,14-17H2,1-2H3,(H,28,33)(H,31,32)/t18?,27-/m0/s1. The number of hydrogen-bond acceptors (Lipinski definition) is 4. The van der Waals surface area contributed by atoms with E-state index < -0.39 is 17.6 Å². The minimum atomic E-state index is -1.11. The van der Waals surface area contributed by atoms with Crippen molar-refractivity contribution in [3.63, 3.8) is 0 Å². The van der Waals surface area contributed by atoms with Crippen molar-refractivity contribution in [2.75, 3.05) is 13.2 Å². The number of likely N-dealkylation sites (tertiary alicyclic amines) is 1. The Morgan fingerprint density at radius 3 is 2.35 bits per heavy atom. The molecule has 0 radical (unpaired) electrons. The average Bonchev–Trinajstić information content (AvgIpc) is 3.37. The maximum absolute atomic E-state index is 12.6. The summed E-state index contributed by atoms with van der Waals surface area (Å²) in [6, 6.07) is 16.2. The molecule has 0 spiro atoms. The van der Waals surface area contributed by atoms with E-state index in [4.69, 9.17) is 4.74 Å². The van der Waals surface area contributed by atoms with Crippen molar-refractivity contribution < 1.29 is 24.2 Å². The number of alkyl carbamates (subject to hydrolysis) is 1. The second-order valence-electron chi connectivity index (χ2n) is 9.49. The Kier molecular flexibility index (Phi) is 6.91. The van der Waals surface area contributed by atoms with Crippen molar-refractivity contribution in [1.29, 1.82) is 0 Å². The Morgan fingerprint density at radius 1 is 1.12 bits per heavy atom. The van der Waals surface area contributed by atoms with E-state index in [1.54, 1.807) is 6.92 Å². The van der Waals surface area contributed by atoms with Gasteiger partial charge in [-0.3, -0.25) is 4.79 Å². The highest BCUT2D eigenvalue weighted by Crippen LogP contribution is 2.44. The zero-order chi connectivity index (χ0) is 24.3. The minimum Gasteiger partial charge on any atom is -0.480 e. The summed E-state index contributed by atoms with van der Waals surface area (Å²) in [5, 5.41) is 12.3. The first-order chi connectivity index (χ1) is 16.3. The van der Waals surface area contributed by atoms with Gasteiger partial charge in [-0.2, -0.15) is 0 Å². The van der Waals surface area contributed by atoms with Crippen LogP contribution in [0.15, 0.2) is 48.5 Å². The third-order valence-electron chi connectivity index (χ3n) is 7.14. The number of carbonyl (C=O) groups excluding carboxylic acids is 2. The highest BCUT2D eigenvalue weighted by atomic mass is 16.5. The predicted octanol–water partition coefficient (Wildman–Crippen LogP) is 4.55. The van der Waals surface area contributed by atoms with Crippen LogP contribution in [0, 0.1) is 0 Å². The van der Waals surface area contributed by atoms with Gasteiger partial charge in [-0.1, -0.05) is 48.5 Å². The van der Waals surface area contributed by atoms with Crippen molar-refractivity contribution in [1.82, 2.24) is 10.2 Å². The van der Waals surface area contributed by atoms with E-state index in [1.165, 1.54) is 27.2 Å². The van der Waals surface area contributed by atoms with Gasteiger partial charge in [0.1, 0.15) is 12.1 Å². The van der Waals surface area contributed by atoms with E-state index in [9.17, 15) is 19.5 Å².